The third kappa shape index (κ3) is 3.54. The molecule has 17 heavy (non-hydrogen) atoms. The van der Waals surface area contributed by atoms with Crippen molar-refractivity contribution in [2.75, 3.05) is 0 Å². The zero-order valence-corrected chi connectivity index (χ0v) is 10.8. The van der Waals surface area contributed by atoms with Gasteiger partial charge in [-0.1, -0.05) is 0 Å². The number of amides is 2. The summed E-state index contributed by atoms with van der Waals surface area (Å²) in [6.07, 6.45) is 1.42. The number of carbonyl (C=O) groups is 3. The number of rotatable bonds is 1. The predicted molar refractivity (Wildman–Crippen MR) is 61.0 cm³/mol. The van der Waals surface area contributed by atoms with Gasteiger partial charge in [0.1, 0.15) is 11.6 Å². The molecule has 0 aliphatic carbocycles. The van der Waals surface area contributed by atoms with Crippen LogP contribution in [0, 0.1) is 0 Å². The number of piperidine rings is 1. The predicted octanol–water partition coefficient (Wildman–Crippen LogP) is 1.26. The number of nitrogens with zero attached hydrogens (tertiary/aromatic N) is 1. The number of likely N-dealkylation sites (tertiary alicyclic amines) is 1. The Morgan fingerprint density at radius 3 is 2.41 bits per heavy atom. The molecule has 1 saturated heterocycles. The second-order valence-corrected chi connectivity index (χ2v) is 5.22. The van der Waals surface area contributed by atoms with Crippen LogP contribution < -0.4 is 0 Å². The second-order valence-electron chi connectivity index (χ2n) is 5.22. The van der Waals surface area contributed by atoms with Crippen LogP contribution in [0.1, 0.15) is 47.0 Å². The van der Waals surface area contributed by atoms with E-state index in [0.717, 1.165) is 4.90 Å². The number of carbonyl (C=O) groups excluding carboxylic acids is 3. The Hall–Kier alpha value is -1.39. The topological polar surface area (TPSA) is 63.7 Å². The summed E-state index contributed by atoms with van der Waals surface area (Å²) in [5.41, 5.74) is -0.611. The lowest BCUT2D eigenvalue weighted by Gasteiger charge is -2.33. The van der Waals surface area contributed by atoms with E-state index < -0.39 is 23.5 Å². The Labute approximate surface area is 101 Å². The van der Waals surface area contributed by atoms with Gasteiger partial charge in [0.25, 0.3) is 0 Å². The van der Waals surface area contributed by atoms with Gasteiger partial charge >= 0.3 is 5.97 Å². The highest BCUT2D eigenvalue weighted by Crippen LogP contribution is 2.21. The van der Waals surface area contributed by atoms with E-state index in [1.54, 1.807) is 20.8 Å². The van der Waals surface area contributed by atoms with E-state index >= 15 is 0 Å². The maximum Gasteiger partial charge on any atom is 0.329 e. The molecule has 5 nitrogen and oxygen atoms in total. The van der Waals surface area contributed by atoms with Crippen LogP contribution in [-0.4, -0.2) is 34.3 Å². The average molecular weight is 241 g/mol. The second kappa shape index (κ2) is 4.85. The van der Waals surface area contributed by atoms with Crippen molar-refractivity contribution < 1.29 is 19.1 Å². The van der Waals surface area contributed by atoms with Crippen molar-refractivity contribution in [1.82, 2.24) is 4.90 Å². The summed E-state index contributed by atoms with van der Waals surface area (Å²) in [6.45, 7) is 6.57. The van der Waals surface area contributed by atoms with Crippen molar-refractivity contribution in [1.29, 1.82) is 0 Å². The third-order valence-corrected chi connectivity index (χ3v) is 2.47. The van der Waals surface area contributed by atoms with Crippen LogP contribution in [0.2, 0.25) is 0 Å². The van der Waals surface area contributed by atoms with Crippen LogP contribution >= 0.6 is 0 Å². The molecule has 1 fully saturated rings. The Bertz CT molecular complexity index is 343. The summed E-state index contributed by atoms with van der Waals surface area (Å²) < 4.78 is 5.22. The molecule has 0 radical (unpaired) electrons. The first-order valence-corrected chi connectivity index (χ1v) is 5.78. The molecule has 0 spiro atoms. The maximum absolute atomic E-state index is 11.9. The van der Waals surface area contributed by atoms with Gasteiger partial charge in [-0.05, 0) is 33.6 Å². The number of ether oxygens (including phenoxy) is 1. The molecule has 1 rings (SSSR count). The SMILES string of the molecule is CC(=O)N1C(=O)CCC[C@H]1C(=O)OC(C)(C)C. The molecule has 5 heteroatoms. The van der Waals surface area contributed by atoms with Gasteiger partial charge in [-0.2, -0.15) is 0 Å². The lowest BCUT2D eigenvalue weighted by atomic mass is 10.0. The Kier molecular flexibility index (Phi) is 3.91. The summed E-state index contributed by atoms with van der Waals surface area (Å²) in [5, 5.41) is 0. The quantitative estimate of drug-likeness (QED) is 0.648. The number of hydrogen-bond acceptors (Lipinski definition) is 4. The van der Waals surface area contributed by atoms with Crippen molar-refractivity contribution in [2.45, 2.75) is 58.6 Å². The lowest BCUT2D eigenvalue weighted by molar-refractivity contribution is -0.170. The summed E-state index contributed by atoms with van der Waals surface area (Å²) in [5.74, 6) is -1.19. The van der Waals surface area contributed by atoms with E-state index in [1.807, 2.05) is 0 Å². The molecule has 0 unspecified atom stereocenters. The monoisotopic (exact) mass is 241 g/mol. The Morgan fingerprint density at radius 2 is 1.94 bits per heavy atom. The van der Waals surface area contributed by atoms with E-state index in [-0.39, 0.29) is 5.91 Å². The minimum absolute atomic E-state index is 0.292. The first-order chi connectivity index (χ1) is 7.72. The van der Waals surface area contributed by atoms with E-state index in [2.05, 4.69) is 0 Å². The van der Waals surface area contributed by atoms with Crippen LogP contribution in [0.25, 0.3) is 0 Å². The Morgan fingerprint density at radius 1 is 1.35 bits per heavy atom. The number of hydrogen-bond donors (Lipinski definition) is 0. The first-order valence-electron chi connectivity index (χ1n) is 5.78. The number of esters is 1. The molecule has 0 aromatic rings. The minimum Gasteiger partial charge on any atom is -0.458 e. The molecule has 0 aromatic heterocycles. The van der Waals surface area contributed by atoms with Crippen molar-refractivity contribution >= 4 is 17.8 Å². The lowest BCUT2D eigenvalue weighted by Crippen LogP contribution is -2.51. The molecule has 0 bridgehead atoms. The van der Waals surface area contributed by atoms with Crippen LogP contribution in [0.3, 0.4) is 0 Å². The fraction of sp³-hybridized carbons (Fsp3) is 0.750. The molecule has 1 aliphatic rings. The zero-order valence-electron chi connectivity index (χ0n) is 10.8. The van der Waals surface area contributed by atoms with Gasteiger partial charge in [0.05, 0.1) is 0 Å². The summed E-state index contributed by atoms with van der Waals surface area (Å²) in [6, 6.07) is -0.757. The molecule has 1 heterocycles. The molecule has 0 saturated carbocycles. The van der Waals surface area contributed by atoms with Crippen molar-refractivity contribution in [2.24, 2.45) is 0 Å². The van der Waals surface area contributed by atoms with E-state index in [1.165, 1.54) is 6.92 Å². The highest BCUT2D eigenvalue weighted by Gasteiger charge is 2.38. The van der Waals surface area contributed by atoms with Gasteiger partial charge in [-0.25, -0.2) is 4.79 Å². The molecule has 0 N–H and O–H groups in total. The van der Waals surface area contributed by atoms with Gasteiger partial charge in [-0.15, -0.1) is 0 Å². The molecule has 2 amide bonds. The van der Waals surface area contributed by atoms with E-state index in [9.17, 15) is 14.4 Å². The Balaban J connectivity index is 2.83. The van der Waals surface area contributed by atoms with Crippen molar-refractivity contribution in [3.05, 3.63) is 0 Å². The zero-order chi connectivity index (χ0) is 13.2. The molecule has 96 valence electrons. The summed E-state index contributed by atoms with van der Waals surface area (Å²) in [4.78, 5) is 35.9. The molecule has 1 atom stereocenters. The highest BCUT2D eigenvalue weighted by atomic mass is 16.6. The van der Waals surface area contributed by atoms with Crippen LogP contribution in [0.15, 0.2) is 0 Å². The van der Waals surface area contributed by atoms with Gasteiger partial charge < -0.3 is 4.74 Å². The highest BCUT2D eigenvalue weighted by molar-refractivity contribution is 5.99. The summed E-state index contributed by atoms with van der Waals surface area (Å²) in [7, 11) is 0. The fourth-order valence-electron chi connectivity index (χ4n) is 1.86. The molecular weight excluding hydrogens is 222 g/mol. The normalized spacial score (nSPS) is 21.3. The minimum atomic E-state index is -0.757. The molecule has 0 aromatic carbocycles. The van der Waals surface area contributed by atoms with Gasteiger partial charge in [-0.3, -0.25) is 14.5 Å². The van der Waals surface area contributed by atoms with E-state index in [0.29, 0.717) is 19.3 Å². The van der Waals surface area contributed by atoms with E-state index in [4.69, 9.17) is 4.74 Å². The van der Waals surface area contributed by atoms with Crippen molar-refractivity contribution in [3.8, 4) is 0 Å². The fourth-order valence-corrected chi connectivity index (χ4v) is 1.86. The maximum atomic E-state index is 11.9. The number of imide groups is 1. The van der Waals surface area contributed by atoms with Gasteiger partial charge in [0, 0.05) is 13.3 Å². The molecule has 1 aliphatic heterocycles. The average Bonchev–Trinajstić information content (AvgIpc) is 2.13. The third-order valence-electron chi connectivity index (χ3n) is 2.47. The van der Waals surface area contributed by atoms with Gasteiger partial charge in [0.2, 0.25) is 11.8 Å². The standard InChI is InChI=1S/C12H19NO4/c1-8(14)13-9(6-5-7-10(13)15)11(16)17-12(2,3)4/h9H,5-7H2,1-4H3/t9-/m0/s1. The van der Waals surface area contributed by atoms with Crippen LogP contribution in [0.5, 0.6) is 0 Å². The van der Waals surface area contributed by atoms with Crippen LogP contribution in [-0.2, 0) is 19.1 Å². The van der Waals surface area contributed by atoms with Crippen LogP contribution in [0.4, 0.5) is 0 Å². The van der Waals surface area contributed by atoms with Gasteiger partial charge in [0.15, 0.2) is 0 Å². The largest absolute Gasteiger partial charge is 0.458 e. The molecular formula is C12H19NO4. The van der Waals surface area contributed by atoms with Crippen molar-refractivity contribution in [3.63, 3.8) is 0 Å². The smallest absolute Gasteiger partial charge is 0.329 e. The first kappa shape index (κ1) is 13.7. The summed E-state index contributed by atoms with van der Waals surface area (Å²) >= 11 is 0.